The first-order valence-corrected chi connectivity index (χ1v) is 8.55. The summed E-state index contributed by atoms with van der Waals surface area (Å²) >= 11 is 0. The Labute approximate surface area is 152 Å². The molecule has 0 unspecified atom stereocenters. The molecule has 0 saturated carbocycles. The summed E-state index contributed by atoms with van der Waals surface area (Å²) in [6.45, 7) is 5.05. The van der Waals surface area contributed by atoms with E-state index >= 15 is 0 Å². The van der Waals surface area contributed by atoms with Crippen molar-refractivity contribution in [3.63, 3.8) is 0 Å². The number of carbonyl (C=O) groups excluding carboxylic acids is 2. The van der Waals surface area contributed by atoms with Crippen LogP contribution < -0.4 is 10.6 Å². The van der Waals surface area contributed by atoms with Crippen LogP contribution in [0.5, 0.6) is 0 Å². The second kappa shape index (κ2) is 8.55. The average molecular weight is 354 g/mol. The van der Waals surface area contributed by atoms with E-state index in [0.717, 1.165) is 18.8 Å². The summed E-state index contributed by atoms with van der Waals surface area (Å²) < 4.78 is 5.27. The molecule has 0 atom stereocenters. The van der Waals surface area contributed by atoms with Gasteiger partial charge in [-0.2, -0.15) is 0 Å². The predicted molar refractivity (Wildman–Crippen MR) is 99.3 cm³/mol. The molecule has 0 spiro atoms. The first kappa shape index (κ1) is 18.0. The van der Waals surface area contributed by atoms with Crippen molar-refractivity contribution in [3.8, 4) is 0 Å². The van der Waals surface area contributed by atoms with Gasteiger partial charge in [-0.25, -0.2) is 4.98 Å². The minimum absolute atomic E-state index is 0.0624. The number of pyridine rings is 1. The van der Waals surface area contributed by atoms with Crippen LogP contribution in [0.25, 0.3) is 0 Å². The number of anilines is 2. The lowest BCUT2D eigenvalue weighted by Crippen LogP contribution is -2.41. The number of morpholine rings is 1. The van der Waals surface area contributed by atoms with Gasteiger partial charge in [-0.3, -0.25) is 14.5 Å². The van der Waals surface area contributed by atoms with Crippen molar-refractivity contribution in [1.82, 2.24) is 9.88 Å². The van der Waals surface area contributed by atoms with Crippen LogP contribution in [0.1, 0.15) is 16.2 Å². The van der Waals surface area contributed by atoms with Crippen LogP contribution in [-0.4, -0.2) is 54.5 Å². The van der Waals surface area contributed by atoms with Crippen LogP contribution >= 0.6 is 0 Å². The Morgan fingerprint density at radius 3 is 2.35 bits per heavy atom. The van der Waals surface area contributed by atoms with Gasteiger partial charge in [0.25, 0.3) is 5.91 Å². The summed E-state index contributed by atoms with van der Waals surface area (Å²) in [7, 11) is 0. The molecule has 2 N–H and O–H groups in total. The number of hydrogen-bond donors (Lipinski definition) is 2. The van der Waals surface area contributed by atoms with E-state index in [0.29, 0.717) is 36.8 Å². The zero-order valence-electron chi connectivity index (χ0n) is 14.7. The van der Waals surface area contributed by atoms with Gasteiger partial charge < -0.3 is 15.4 Å². The van der Waals surface area contributed by atoms with Crippen molar-refractivity contribution >= 4 is 23.2 Å². The number of nitrogens with one attached hydrogen (secondary N) is 2. The van der Waals surface area contributed by atoms with E-state index < -0.39 is 0 Å². The highest BCUT2D eigenvalue weighted by atomic mass is 16.5. The Morgan fingerprint density at radius 2 is 1.69 bits per heavy atom. The quantitative estimate of drug-likeness (QED) is 0.857. The molecule has 1 aliphatic heterocycles. The Bertz CT molecular complexity index is 771. The van der Waals surface area contributed by atoms with Gasteiger partial charge in [0.1, 0.15) is 5.69 Å². The molecular weight excluding hydrogens is 332 g/mol. The molecule has 2 heterocycles. The zero-order chi connectivity index (χ0) is 18.4. The molecule has 1 aromatic carbocycles. The molecule has 2 amide bonds. The second-order valence-electron chi connectivity index (χ2n) is 6.13. The molecule has 7 heteroatoms. The van der Waals surface area contributed by atoms with Crippen molar-refractivity contribution < 1.29 is 14.3 Å². The van der Waals surface area contributed by atoms with Gasteiger partial charge in [0.05, 0.1) is 19.8 Å². The lowest BCUT2D eigenvalue weighted by Gasteiger charge is -2.25. The lowest BCUT2D eigenvalue weighted by molar-refractivity contribution is -0.118. The van der Waals surface area contributed by atoms with Gasteiger partial charge in [-0.05, 0) is 43.3 Å². The Balaban J connectivity index is 1.53. The number of nitrogens with zero attached hydrogens (tertiary/aromatic N) is 2. The van der Waals surface area contributed by atoms with Gasteiger partial charge in [-0.1, -0.05) is 6.07 Å². The number of ether oxygens (including phenoxy) is 1. The summed E-state index contributed by atoms with van der Waals surface area (Å²) in [4.78, 5) is 30.5. The molecular formula is C19H22N4O3. The summed E-state index contributed by atoms with van der Waals surface area (Å²) in [6, 6.07) is 12.3. The van der Waals surface area contributed by atoms with Crippen LogP contribution in [-0.2, 0) is 9.53 Å². The normalized spacial score (nSPS) is 14.7. The predicted octanol–water partition coefficient (Wildman–Crippen LogP) is 1.91. The second-order valence-corrected chi connectivity index (χ2v) is 6.13. The molecule has 3 rings (SSSR count). The molecule has 0 radical (unpaired) electrons. The first-order valence-electron chi connectivity index (χ1n) is 8.55. The zero-order valence-corrected chi connectivity index (χ0v) is 14.7. The number of rotatable bonds is 5. The highest BCUT2D eigenvalue weighted by Crippen LogP contribution is 2.14. The number of carbonyl (C=O) groups is 2. The van der Waals surface area contributed by atoms with Gasteiger partial charge in [-0.15, -0.1) is 0 Å². The molecule has 1 saturated heterocycles. The fraction of sp³-hybridized carbons (Fsp3) is 0.316. The largest absolute Gasteiger partial charge is 0.379 e. The van der Waals surface area contributed by atoms with Gasteiger partial charge in [0.2, 0.25) is 5.91 Å². The van der Waals surface area contributed by atoms with E-state index in [1.165, 1.54) is 0 Å². The van der Waals surface area contributed by atoms with Crippen LogP contribution in [0.3, 0.4) is 0 Å². The third-order valence-corrected chi connectivity index (χ3v) is 4.02. The molecule has 2 aromatic rings. The highest BCUT2D eigenvalue weighted by molar-refractivity contribution is 6.03. The number of aromatic nitrogens is 1. The standard InChI is InChI=1S/C19H22N4O3/c1-14-3-2-4-17(20-14)19(25)22-16-7-5-15(6-8-16)21-18(24)13-23-9-11-26-12-10-23/h2-8H,9-13H2,1H3,(H,21,24)(H,22,25). The lowest BCUT2D eigenvalue weighted by atomic mass is 10.2. The molecule has 26 heavy (non-hydrogen) atoms. The average Bonchev–Trinajstić information content (AvgIpc) is 2.64. The third-order valence-electron chi connectivity index (χ3n) is 4.02. The number of benzene rings is 1. The van der Waals surface area contributed by atoms with E-state index in [1.54, 1.807) is 36.4 Å². The molecule has 1 aromatic heterocycles. The minimum Gasteiger partial charge on any atom is -0.379 e. The van der Waals surface area contributed by atoms with E-state index in [-0.39, 0.29) is 11.8 Å². The molecule has 1 aliphatic rings. The fourth-order valence-electron chi connectivity index (χ4n) is 2.66. The maximum Gasteiger partial charge on any atom is 0.274 e. The molecule has 136 valence electrons. The molecule has 1 fully saturated rings. The summed E-state index contributed by atoms with van der Waals surface area (Å²) in [5, 5.41) is 5.66. The summed E-state index contributed by atoms with van der Waals surface area (Å²) in [6.07, 6.45) is 0. The number of hydrogen-bond acceptors (Lipinski definition) is 5. The Morgan fingerprint density at radius 1 is 1.04 bits per heavy atom. The minimum atomic E-state index is -0.266. The Kier molecular flexibility index (Phi) is 5.93. The number of amides is 2. The topological polar surface area (TPSA) is 83.6 Å². The van der Waals surface area contributed by atoms with Crippen molar-refractivity contribution in [3.05, 3.63) is 53.9 Å². The van der Waals surface area contributed by atoms with Crippen molar-refractivity contribution in [1.29, 1.82) is 0 Å². The van der Waals surface area contributed by atoms with Crippen LogP contribution in [0.4, 0.5) is 11.4 Å². The van der Waals surface area contributed by atoms with Crippen molar-refractivity contribution in [2.75, 3.05) is 43.5 Å². The van der Waals surface area contributed by atoms with Gasteiger partial charge >= 0.3 is 0 Å². The highest BCUT2D eigenvalue weighted by Gasteiger charge is 2.14. The maximum atomic E-state index is 12.2. The van der Waals surface area contributed by atoms with Gasteiger partial charge in [0.15, 0.2) is 0 Å². The molecule has 0 aliphatic carbocycles. The van der Waals surface area contributed by atoms with Crippen LogP contribution in [0, 0.1) is 6.92 Å². The van der Waals surface area contributed by atoms with Crippen molar-refractivity contribution in [2.45, 2.75) is 6.92 Å². The van der Waals surface area contributed by atoms with Gasteiger partial charge in [0, 0.05) is 30.2 Å². The van der Waals surface area contributed by atoms with Crippen molar-refractivity contribution in [2.24, 2.45) is 0 Å². The fourth-order valence-corrected chi connectivity index (χ4v) is 2.66. The third kappa shape index (κ3) is 5.11. The summed E-state index contributed by atoms with van der Waals surface area (Å²) in [5.41, 5.74) is 2.49. The van der Waals surface area contributed by atoms with E-state index in [1.807, 2.05) is 13.0 Å². The number of aryl methyl sites for hydroxylation is 1. The van der Waals surface area contributed by atoms with E-state index in [2.05, 4.69) is 20.5 Å². The molecule has 7 nitrogen and oxygen atoms in total. The van der Waals surface area contributed by atoms with Crippen LogP contribution in [0.15, 0.2) is 42.5 Å². The first-order chi connectivity index (χ1) is 12.6. The van der Waals surface area contributed by atoms with Crippen LogP contribution in [0.2, 0.25) is 0 Å². The monoisotopic (exact) mass is 354 g/mol. The Hall–Kier alpha value is -2.77. The molecule has 0 bridgehead atoms. The maximum absolute atomic E-state index is 12.2. The van der Waals surface area contributed by atoms with E-state index in [4.69, 9.17) is 4.74 Å². The smallest absolute Gasteiger partial charge is 0.274 e. The van der Waals surface area contributed by atoms with E-state index in [9.17, 15) is 9.59 Å². The summed E-state index contributed by atoms with van der Waals surface area (Å²) in [5.74, 6) is -0.328. The SMILES string of the molecule is Cc1cccc(C(=O)Nc2ccc(NC(=O)CN3CCOCC3)cc2)n1.